The lowest BCUT2D eigenvalue weighted by molar-refractivity contribution is -0.136. The molecule has 7 aromatic rings. The summed E-state index contributed by atoms with van der Waals surface area (Å²) in [5.74, 6) is -0.667. The molecule has 5 aromatic heterocycles. The number of carbonyl (C=O) groups is 4. The van der Waals surface area contributed by atoms with Gasteiger partial charge in [-0.3, -0.25) is 29.1 Å². The molecule has 1 atom stereocenters. The topological polar surface area (TPSA) is 295 Å². The summed E-state index contributed by atoms with van der Waals surface area (Å²) < 4.78 is 35.9. The van der Waals surface area contributed by atoms with Crippen LogP contribution in [0.2, 0.25) is 0 Å². The number of nitrogens with one attached hydrogen (secondary N) is 2. The standard InChI is InChI=1S/C48H59N13O10/c1-7-60-35(21-28(3)56-60)44-52-27-33-32-23-30(42(49)64)25-37(69-19-12-20-71-48(66)51-14-13-39(62)63)40(32)58(45(33)54-44)15-9-10-16-59-41-34(24-31(43(50)68-6)26-38(41)70-18-11-17-67-5)53-47(59)55-46(65)36-22-29(4)57-61(36)8-2/h9-10,21-27,43H,7-8,11-20,50H2,1-6H3,(H2,49,64)(H,51,66)(H,62,63)(H,53,55,65)/b10-9+/t43-/m1/s1. The highest BCUT2D eigenvalue weighted by atomic mass is 16.6. The summed E-state index contributed by atoms with van der Waals surface area (Å²) in [5, 5.41) is 24.6. The van der Waals surface area contributed by atoms with Crippen LogP contribution in [-0.2, 0) is 45.2 Å². The number of imidazole rings is 1. The number of benzene rings is 2. The van der Waals surface area contributed by atoms with E-state index in [1.807, 2.05) is 59.7 Å². The Bertz CT molecular complexity index is 3100. The van der Waals surface area contributed by atoms with Crippen molar-refractivity contribution >= 4 is 62.8 Å². The molecule has 376 valence electrons. The molecule has 0 aliphatic carbocycles. The van der Waals surface area contributed by atoms with Crippen LogP contribution in [0.3, 0.4) is 0 Å². The number of methoxy groups -OCH3 is 2. The summed E-state index contributed by atoms with van der Waals surface area (Å²) >= 11 is 0. The fraction of sp³-hybridized carbons (Fsp3) is 0.396. The Kier molecular flexibility index (Phi) is 16.6. The molecule has 0 spiro atoms. The molecule has 0 aliphatic heterocycles. The minimum Gasteiger partial charge on any atom is -0.491 e. The third-order valence-electron chi connectivity index (χ3n) is 11.3. The maximum absolute atomic E-state index is 14.0. The Labute approximate surface area is 408 Å². The van der Waals surface area contributed by atoms with Crippen molar-refractivity contribution in [2.24, 2.45) is 11.5 Å². The molecule has 0 bridgehead atoms. The Morgan fingerprint density at radius 3 is 2.20 bits per heavy atom. The number of nitrogens with zero attached hydrogens (tertiary/aromatic N) is 9. The van der Waals surface area contributed by atoms with Gasteiger partial charge >= 0.3 is 12.1 Å². The molecule has 0 aliphatic rings. The molecule has 23 nitrogen and oxygen atoms in total. The predicted octanol–water partition coefficient (Wildman–Crippen LogP) is 5.25. The number of carbonyl (C=O) groups excluding carboxylic acids is 3. The number of ether oxygens (including phenoxy) is 5. The molecule has 5 heterocycles. The highest BCUT2D eigenvalue weighted by Crippen LogP contribution is 2.37. The van der Waals surface area contributed by atoms with Crippen molar-refractivity contribution in [3.05, 3.63) is 83.0 Å². The van der Waals surface area contributed by atoms with Gasteiger partial charge < -0.3 is 54.7 Å². The highest BCUT2D eigenvalue weighted by molar-refractivity contribution is 6.12. The summed E-state index contributed by atoms with van der Waals surface area (Å²) in [5.41, 5.74) is 17.8. The first-order valence-corrected chi connectivity index (χ1v) is 23.1. The average Bonchev–Trinajstić information content (AvgIpc) is 4.11. The number of fused-ring (bicyclic) bond motifs is 4. The SMILES string of the molecule is CCn1nc(C)cc1C(=O)Nc1nc2cc([C@H](N)OC)cc(OCCCOC)c2n1C/C=C/Cn1c2nc(-c3cc(C)nn3CC)ncc2c2cc(C(N)=O)cc(OCCCOC(=O)NCCC(=O)O)c21. The van der Waals surface area contributed by atoms with Gasteiger partial charge in [0.15, 0.2) is 5.82 Å². The fourth-order valence-electron chi connectivity index (χ4n) is 8.03. The average molecular weight is 978 g/mol. The third-order valence-corrected chi connectivity index (χ3v) is 11.3. The molecule has 0 radical (unpaired) electrons. The summed E-state index contributed by atoms with van der Waals surface area (Å²) in [6.07, 6.45) is 4.64. The first kappa shape index (κ1) is 51.0. The van der Waals surface area contributed by atoms with Gasteiger partial charge in [0.2, 0.25) is 11.9 Å². The molecule has 3 amide bonds. The van der Waals surface area contributed by atoms with Crippen molar-refractivity contribution in [1.82, 2.24) is 49.0 Å². The Balaban J connectivity index is 1.29. The number of aliphatic carboxylic acids is 1. The number of rotatable bonds is 25. The fourth-order valence-corrected chi connectivity index (χ4v) is 8.03. The molecule has 2 aromatic carbocycles. The quantitative estimate of drug-likeness (QED) is 0.0278. The number of aromatic nitrogens is 9. The van der Waals surface area contributed by atoms with Gasteiger partial charge in [0.1, 0.15) is 40.3 Å². The van der Waals surface area contributed by atoms with Gasteiger partial charge in [-0.2, -0.15) is 10.2 Å². The van der Waals surface area contributed by atoms with E-state index >= 15 is 0 Å². The number of aryl methyl sites for hydroxylation is 4. The van der Waals surface area contributed by atoms with Gasteiger partial charge in [-0.1, -0.05) is 12.2 Å². The van der Waals surface area contributed by atoms with Crippen LogP contribution in [0.15, 0.2) is 54.7 Å². The van der Waals surface area contributed by atoms with Crippen LogP contribution < -0.4 is 31.6 Å². The summed E-state index contributed by atoms with van der Waals surface area (Å²) in [6.45, 7) is 9.85. The summed E-state index contributed by atoms with van der Waals surface area (Å²) in [6, 6.07) is 10.5. The summed E-state index contributed by atoms with van der Waals surface area (Å²) in [7, 11) is 3.13. The molecule has 0 fully saturated rings. The number of nitrogens with two attached hydrogens (primary N) is 2. The van der Waals surface area contributed by atoms with E-state index in [4.69, 9.17) is 55.2 Å². The van der Waals surface area contributed by atoms with E-state index in [1.54, 1.807) is 48.3 Å². The van der Waals surface area contributed by atoms with Crippen molar-refractivity contribution in [3.8, 4) is 23.0 Å². The second-order valence-electron chi connectivity index (χ2n) is 16.4. The van der Waals surface area contributed by atoms with Gasteiger partial charge in [0.25, 0.3) is 5.91 Å². The van der Waals surface area contributed by atoms with Crippen molar-refractivity contribution in [1.29, 1.82) is 0 Å². The number of carboxylic acid groups (broad SMARTS) is 1. The molecule has 0 unspecified atom stereocenters. The summed E-state index contributed by atoms with van der Waals surface area (Å²) in [4.78, 5) is 64.5. The van der Waals surface area contributed by atoms with E-state index in [9.17, 15) is 19.2 Å². The highest BCUT2D eigenvalue weighted by Gasteiger charge is 2.24. The first-order chi connectivity index (χ1) is 34.2. The van der Waals surface area contributed by atoms with Gasteiger partial charge in [-0.15, -0.1) is 0 Å². The second kappa shape index (κ2) is 23.1. The molecule has 0 saturated carbocycles. The molecule has 7 rings (SSSR count). The molecular formula is C48H59N13O10. The maximum atomic E-state index is 14.0. The number of hydrogen-bond acceptors (Lipinski definition) is 15. The van der Waals surface area contributed by atoms with Crippen LogP contribution >= 0.6 is 0 Å². The van der Waals surface area contributed by atoms with Crippen LogP contribution in [0.5, 0.6) is 11.5 Å². The number of allylic oxidation sites excluding steroid dienone is 2. The van der Waals surface area contributed by atoms with E-state index in [0.29, 0.717) is 106 Å². The Morgan fingerprint density at radius 1 is 0.817 bits per heavy atom. The maximum Gasteiger partial charge on any atom is 0.407 e. The van der Waals surface area contributed by atoms with Gasteiger partial charge in [0, 0.05) is 94.5 Å². The number of primary amides is 1. The van der Waals surface area contributed by atoms with Crippen molar-refractivity contribution in [2.75, 3.05) is 52.5 Å². The molecule has 71 heavy (non-hydrogen) atoms. The minimum absolute atomic E-state index is 0.0314. The number of anilines is 1. The van der Waals surface area contributed by atoms with Crippen LogP contribution in [0.4, 0.5) is 10.7 Å². The van der Waals surface area contributed by atoms with Crippen LogP contribution in [0, 0.1) is 13.8 Å². The smallest absolute Gasteiger partial charge is 0.407 e. The molecular weight excluding hydrogens is 919 g/mol. The number of amides is 3. The van der Waals surface area contributed by atoms with E-state index in [1.165, 1.54) is 7.11 Å². The number of hydrogen-bond donors (Lipinski definition) is 5. The molecule has 0 saturated heterocycles. The van der Waals surface area contributed by atoms with E-state index in [-0.39, 0.29) is 57.2 Å². The van der Waals surface area contributed by atoms with Gasteiger partial charge in [0.05, 0.1) is 48.7 Å². The van der Waals surface area contributed by atoms with Crippen molar-refractivity contribution < 1.29 is 48.0 Å². The van der Waals surface area contributed by atoms with Crippen molar-refractivity contribution in [3.63, 3.8) is 0 Å². The number of alkyl carbamates (subject to hydrolysis) is 1. The van der Waals surface area contributed by atoms with Crippen molar-refractivity contribution in [2.45, 2.75) is 79.4 Å². The van der Waals surface area contributed by atoms with E-state index < -0.39 is 30.1 Å². The van der Waals surface area contributed by atoms with E-state index in [2.05, 4.69) is 20.8 Å². The van der Waals surface area contributed by atoms with Crippen LogP contribution in [0.25, 0.3) is 44.5 Å². The third kappa shape index (κ3) is 11.8. The monoisotopic (exact) mass is 977 g/mol. The molecule has 7 N–H and O–H groups in total. The van der Waals surface area contributed by atoms with E-state index in [0.717, 1.165) is 5.69 Å². The predicted molar refractivity (Wildman–Crippen MR) is 262 cm³/mol. The zero-order valence-electron chi connectivity index (χ0n) is 40.6. The molecule has 23 heteroatoms. The lowest BCUT2D eigenvalue weighted by Crippen LogP contribution is -2.27. The van der Waals surface area contributed by atoms with Crippen LogP contribution in [0.1, 0.15) is 77.1 Å². The Morgan fingerprint density at radius 2 is 1.51 bits per heavy atom. The largest absolute Gasteiger partial charge is 0.491 e. The normalized spacial score (nSPS) is 12.0. The zero-order chi connectivity index (χ0) is 50.8. The van der Waals surface area contributed by atoms with Gasteiger partial charge in [-0.25, -0.2) is 19.7 Å². The lowest BCUT2D eigenvalue weighted by Gasteiger charge is -2.15. The second-order valence-corrected chi connectivity index (χ2v) is 16.4. The zero-order valence-corrected chi connectivity index (χ0v) is 40.6. The first-order valence-electron chi connectivity index (χ1n) is 23.1. The lowest BCUT2D eigenvalue weighted by atomic mass is 10.1. The minimum atomic E-state index is -1.05. The van der Waals surface area contributed by atoms with Gasteiger partial charge in [-0.05, 0) is 64.1 Å². The number of carboxylic acids is 1. The van der Waals surface area contributed by atoms with Crippen LogP contribution in [-0.4, -0.2) is 120 Å². The Hall–Kier alpha value is -7.89.